The van der Waals surface area contributed by atoms with Gasteiger partial charge in [0.1, 0.15) is 0 Å². The summed E-state index contributed by atoms with van der Waals surface area (Å²) >= 11 is 0. The molecule has 0 heterocycles. The van der Waals surface area contributed by atoms with Gasteiger partial charge in [-0.3, -0.25) is 9.59 Å². The summed E-state index contributed by atoms with van der Waals surface area (Å²) in [4.78, 5) is 25.1. The molecule has 0 aromatic rings. The highest BCUT2D eigenvalue weighted by molar-refractivity contribution is 5.87. The van der Waals surface area contributed by atoms with Crippen LogP contribution in [0.5, 0.6) is 0 Å². The average molecular weight is 255 g/mol. The summed E-state index contributed by atoms with van der Waals surface area (Å²) in [5.41, 5.74) is 10.9. The van der Waals surface area contributed by atoms with E-state index >= 15 is 0 Å². The minimum absolute atomic E-state index is 0.0206. The number of nitrogens with zero attached hydrogens (tertiary/aromatic N) is 1. The number of carbonyl (C=O) groups is 2. The van der Waals surface area contributed by atoms with Crippen molar-refractivity contribution < 1.29 is 9.59 Å². The second-order valence-electron chi connectivity index (χ2n) is 6.21. The standard InChI is InChI=1S/C13H25N3O2/c1-13(2,3)11(15)12(18)16(8-10(14)17)9-6-4-5-7-9/h9,11H,4-8,15H2,1-3H3,(H2,14,17)/t11-/m0/s1. The van der Waals surface area contributed by atoms with Gasteiger partial charge in [0, 0.05) is 6.04 Å². The Hall–Kier alpha value is -1.10. The Labute approximate surface area is 109 Å². The molecule has 0 aromatic carbocycles. The van der Waals surface area contributed by atoms with Gasteiger partial charge in [0.15, 0.2) is 0 Å². The maximum absolute atomic E-state index is 12.4. The molecule has 0 aromatic heterocycles. The predicted molar refractivity (Wildman–Crippen MR) is 70.6 cm³/mol. The highest BCUT2D eigenvalue weighted by Crippen LogP contribution is 2.26. The lowest BCUT2D eigenvalue weighted by molar-refractivity contribution is -0.140. The van der Waals surface area contributed by atoms with Gasteiger partial charge in [-0.1, -0.05) is 33.6 Å². The fourth-order valence-electron chi connectivity index (χ4n) is 2.32. The topological polar surface area (TPSA) is 89.4 Å². The summed E-state index contributed by atoms with van der Waals surface area (Å²) in [7, 11) is 0. The van der Waals surface area contributed by atoms with Crippen molar-refractivity contribution in [3.63, 3.8) is 0 Å². The number of nitrogens with two attached hydrogens (primary N) is 2. The number of rotatable bonds is 4. The minimum atomic E-state index is -0.600. The molecule has 1 fully saturated rings. The Balaban J connectivity index is 2.81. The number of carbonyl (C=O) groups excluding carboxylic acids is 2. The lowest BCUT2D eigenvalue weighted by Gasteiger charge is -2.34. The molecule has 0 bridgehead atoms. The van der Waals surface area contributed by atoms with Crippen LogP contribution < -0.4 is 11.5 Å². The van der Waals surface area contributed by atoms with E-state index in [2.05, 4.69) is 0 Å². The highest BCUT2D eigenvalue weighted by atomic mass is 16.2. The van der Waals surface area contributed by atoms with E-state index in [0.29, 0.717) is 0 Å². The van der Waals surface area contributed by atoms with Gasteiger partial charge in [0.2, 0.25) is 11.8 Å². The van der Waals surface area contributed by atoms with Crippen LogP contribution >= 0.6 is 0 Å². The summed E-state index contributed by atoms with van der Waals surface area (Å²) in [5.74, 6) is -0.635. The second kappa shape index (κ2) is 5.69. The first-order valence-electron chi connectivity index (χ1n) is 6.58. The Morgan fingerprint density at radius 2 is 1.78 bits per heavy atom. The van der Waals surface area contributed by atoms with Crippen LogP contribution in [0.4, 0.5) is 0 Å². The van der Waals surface area contributed by atoms with Gasteiger partial charge >= 0.3 is 0 Å². The van der Waals surface area contributed by atoms with Crippen LogP contribution in [0.15, 0.2) is 0 Å². The van der Waals surface area contributed by atoms with E-state index in [1.165, 1.54) is 0 Å². The summed E-state index contributed by atoms with van der Waals surface area (Å²) < 4.78 is 0. The summed E-state index contributed by atoms with van der Waals surface area (Å²) in [6.07, 6.45) is 4.07. The van der Waals surface area contributed by atoms with Crippen LogP contribution in [-0.4, -0.2) is 35.3 Å². The smallest absolute Gasteiger partial charge is 0.240 e. The van der Waals surface area contributed by atoms with Crippen LogP contribution in [0, 0.1) is 5.41 Å². The third-order valence-corrected chi connectivity index (χ3v) is 3.57. The largest absolute Gasteiger partial charge is 0.368 e. The molecular weight excluding hydrogens is 230 g/mol. The molecule has 5 nitrogen and oxygen atoms in total. The molecule has 4 N–H and O–H groups in total. The molecule has 1 aliphatic rings. The highest BCUT2D eigenvalue weighted by Gasteiger charge is 2.35. The van der Waals surface area contributed by atoms with E-state index in [0.717, 1.165) is 25.7 Å². The molecule has 2 amide bonds. The molecule has 0 saturated heterocycles. The van der Waals surface area contributed by atoms with Crippen molar-refractivity contribution in [3.05, 3.63) is 0 Å². The minimum Gasteiger partial charge on any atom is -0.368 e. The predicted octanol–water partition coefficient (Wildman–Crippen LogP) is 0.616. The fraction of sp³-hybridized carbons (Fsp3) is 0.846. The lowest BCUT2D eigenvalue weighted by Crippen LogP contribution is -2.55. The SMILES string of the molecule is CC(C)(C)[C@@H](N)C(=O)N(CC(N)=O)C1CCCC1. The number of hydrogen-bond donors (Lipinski definition) is 2. The fourth-order valence-corrected chi connectivity index (χ4v) is 2.32. The van der Waals surface area contributed by atoms with Crippen LogP contribution in [0.2, 0.25) is 0 Å². The van der Waals surface area contributed by atoms with Gasteiger partial charge in [-0.05, 0) is 18.3 Å². The second-order valence-corrected chi connectivity index (χ2v) is 6.21. The van der Waals surface area contributed by atoms with E-state index in [1.807, 2.05) is 20.8 Å². The normalized spacial score (nSPS) is 18.7. The third kappa shape index (κ3) is 3.70. The van der Waals surface area contributed by atoms with Gasteiger partial charge in [-0.25, -0.2) is 0 Å². The molecule has 1 aliphatic carbocycles. The summed E-state index contributed by atoms with van der Waals surface area (Å²) in [6.45, 7) is 5.75. The first-order chi connectivity index (χ1) is 8.23. The number of hydrogen-bond acceptors (Lipinski definition) is 3. The van der Waals surface area contributed by atoms with Crippen molar-refractivity contribution in [2.45, 2.75) is 58.5 Å². The molecule has 1 rings (SSSR count). The first-order valence-corrected chi connectivity index (χ1v) is 6.58. The molecule has 1 atom stereocenters. The number of primary amides is 1. The summed E-state index contributed by atoms with van der Waals surface area (Å²) in [5, 5.41) is 0. The molecule has 0 unspecified atom stereocenters. The molecule has 0 spiro atoms. The van der Waals surface area contributed by atoms with E-state index in [1.54, 1.807) is 4.90 Å². The van der Waals surface area contributed by atoms with Crippen molar-refractivity contribution in [2.24, 2.45) is 16.9 Å². The third-order valence-electron chi connectivity index (χ3n) is 3.57. The Bertz CT molecular complexity index is 317. The first kappa shape index (κ1) is 15.0. The molecule has 0 aliphatic heterocycles. The maximum atomic E-state index is 12.4. The average Bonchev–Trinajstić information content (AvgIpc) is 2.75. The maximum Gasteiger partial charge on any atom is 0.240 e. The van der Waals surface area contributed by atoms with Crippen molar-refractivity contribution >= 4 is 11.8 Å². The van der Waals surface area contributed by atoms with E-state index < -0.39 is 11.9 Å². The zero-order valence-electron chi connectivity index (χ0n) is 11.6. The van der Waals surface area contributed by atoms with E-state index in [-0.39, 0.29) is 23.9 Å². The molecule has 18 heavy (non-hydrogen) atoms. The van der Waals surface area contributed by atoms with Crippen LogP contribution in [0.1, 0.15) is 46.5 Å². The van der Waals surface area contributed by atoms with Crippen LogP contribution in [-0.2, 0) is 9.59 Å². The van der Waals surface area contributed by atoms with Gasteiger partial charge in [-0.2, -0.15) is 0 Å². The molecule has 0 radical (unpaired) electrons. The molecular formula is C13H25N3O2. The zero-order valence-corrected chi connectivity index (χ0v) is 11.6. The van der Waals surface area contributed by atoms with Gasteiger partial charge in [0.25, 0.3) is 0 Å². The quantitative estimate of drug-likeness (QED) is 0.771. The Morgan fingerprint density at radius 1 is 1.28 bits per heavy atom. The monoisotopic (exact) mass is 255 g/mol. The van der Waals surface area contributed by atoms with Gasteiger partial charge in [-0.15, -0.1) is 0 Å². The number of amides is 2. The molecule has 104 valence electrons. The van der Waals surface area contributed by atoms with Crippen molar-refractivity contribution in [2.75, 3.05) is 6.54 Å². The molecule has 1 saturated carbocycles. The van der Waals surface area contributed by atoms with Gasteiger partial charge in [0.05, 0.1) is 12.6 Å². The van der Waals surface area contributed by atoms with Crippen LogP contribution in [0.25, 0.3) is 0 Å². The van der Waals surface area contributed by atoms with Crippen molar-refractivity contribution in [1.82, 2.24) is 4.90 Å². The Kier molecular flexibility index (Phi) is 4.73. The lowest BCUT2D eigenvalue weighted by atomic mass is 9.86. The zero-order chi connectivity index (χ0) is 13.9. The van der Waals surface area contributed by atoms with Crippen LogP contribution in [0.3, 0.4) is 0 Å². The van der Waals surface area contributed by atoms with E-state index in [9.17, 15) is 9.59 Å². The van der Waals surface area contributed by atoms with Crippen molar-refractivity contribution in [3.8, 4) is 0 Å². The summed E-state index contributed by atoms with van der Waals surface area (Å²) in [6, 6.07) is -0.476. The van der Waals surface area contributed by atoms with Crippen molar-refractivity contribution in [1.29, 1.82) is 0 Å². The molecule has 5 heteroatoms. The Morgan fingerprint density at radius 3 is 2.17 bits per heavy atom. The van der Waals surface area contributed by atoms with E-state index in [4.69, 9.17) is 11.5 Å². The van der Waals surface area contributed by atoms with Gasteiger partial charge < -0.3 is 16.4 Å².